The first-order chi connectivity index (χ1) is 11.7. The molecule has 2 aromatic rings. The highest BCUT2D eigenvalue weighted by atomic mass is 16.2. The minimum absolute atomic E-state index is 0.200. The van der Waals surface area contributed by atoms with Crippen molar-refractivity contribution >= 4 is 23.5 Å². The number of amides is 2. The highest BCUT2D eigenvalue weighted by molar-refractivity contribution is 6.23. The molecule has 7 nitrogen and oxygen atoms in total. The van der Waals surface area contributed by atoms with Gasteiger partial charge in [0.05, 0.1) is 17.2 Å². The molecule has 3 heterocycles. The predicted octanol–water partition coefficient (Wildman–Crippen LogP) is 1.32. The van der Waals surface area contributed by atoms with E-state index in [1.165, 1.54) is 4.90 Å². The monoisotopic (exact) mass is 323 g/mol. The van der Waals surface area contributed by atoms with Crippen molar-refractivity contribution < 1.29 is 9.59 Å². The summed E-state index contributed by atoms with van der Waals surface area (Å²) in [5.41, 5.74) is 6.98. The van der Waals surface area contributed by atoms with Crippen LogP contribution < -0.4 is 10.6 Å². The Morgan fingerprint density at radius 3 is 2.62 bits per heavy atom. The Balaban J connectivity index is 1.62. The summed E-state index contributed by atoms with van der Waals surface area (Å²) >= 11 is 0. The summed E-state index contributed by atoms with van der Waals surface area (Å²) in [5, 5.41) is 0. The Labute approximate surface area is 139 Å². The molecule has 2 amide bonds. The molecule has 1 aromatic heterocycles. The van der Waals surface area contributed by atoms with Crippen LogP contribution in [0.15, 0.2) is 36.7 Å². The molecule has 0 saturated carbocycles. The summed E-state index contributed by atoms with van der Waals surface area (Å²) in [6.45, 7) is 1.35. The second kappa shape index (κ2) is 5.59. The molecule has 4 rings (SSSR count). The summed E-state index contributed by atoms with van der Waals surface area (Å²) < 4.78 is 0. The summed E-state index contributed by atoms with van der Waals surface area (Å²) in [6, 6.07) is 6.58. The zero-order valence-corrected chi connectivity index (χ0v) is 13.1. The van der Waals surface area contributed by atoms with E-state index in [2.05, 4.69) is 9.97 Å². The molecule has 7 heteroatoms. The third-order valence-corrected chi connectivity index (χ3v) is 4.58. The molecule has 1 atom stereocenters. The summed E-state index contributed by atoms with van der Waals surface area (Å²) in [6.07, 6.45) is 5.02. The second-order valence-electron chi connectivity index (χ2n) is 6.04. The Bertz CT molecular complexity index is 808. The van der Waals surface area contributed by atoms with Crippen LogP contribution in [0.4, 0.5) is 11.6 Å². The zero-order valence-electron chi connectivity index (χ0n) is 13.1. The van der Waals surface area contributed by atoms with Gasteiger partial charge in [-0.3, -0.25) is 14.5 Å². The van der Waals surface area contributed by atoms with E-state index in [9.17, 15) is 9.59 Å². The molecule has 0 spiro atoms. The van der Waals surface area contributed by atoms with Crippen molar-refractivity contribution in [2.45, 2.75) is 18.9 Å². The molecular weight excluding hydrogens is 306 g/mol. The van der Waals surface area contributed by atoms with E-state index in [-0.39, 0.29) is 17.9 Å². The van der Waals surface area contributed by atoms with Crippen LogP contribution in [0.5, 0.6) is 0 Å². The number of rotatable bonds is 2. The molecule has 0 radical (unpaired) electrons. The number of anilines is 2. The molecule has 1 unspecified atom stereocenters. The number of nitrogens with zero attached hydrogens (tertiary/aromatic N) is 4. The van der Waals surface area contributed by atoms with Crippen LogP contribution in [0.25, 0.3) is 0 Å². The Morgan fingerprint density at radius 2 is 1.88 bits per heavy atom. The highest BCUT2D eigenvalue weighted by Gasteiger charge is 2.42. The SMILES string of the molecule is Nc1cccc2c1C(=O)N(C1CCCN(c3ncccn3)C1)C2=O. The van der Waals surface area contributed by atoms with E-state index in [1.54, 1.807) is 36.7 Å². The van der Waals surface area contributed by atoms with Gasteiger partial charge in [-0.15, -0.1) is 0 Å². The fourth-order valence-corrected chi connectivity index (χ4v) is 3.46. The third kappa shape index (κ3) is 2.20. The molecule has 0 aliphatic carbocycles. The lowest BCUT2D eigenvalue weighted by atomic mass is 10.0. The first kappa shape index (κ1) is 14.6. The van der Waals surface area contributed by atoms with Crippen LogP contribution in [0.3, 0.4) is 0 Å². The fourth-order valence-electron chi connectivity index (χ4n) is 3.46. The van der Waals surface area contributed by atoms with Crippen LogP contribution in [0.2, 0.25) is 0 Å². The maximum atomic E-state index is 12.7. The van der Waals surface area contributed by atoms with Crippen LogP contribution in [-0.2, 0) is 0 Å². The van der Waals surface area contributed by atoms with E-state index in [1.807, 2.05) is 4.90 Å². The lowest BCUT2D eigenvalue weighted by Crippen LogP contribution is -2.50. The lowest BCUT2D eigenvalue weighted by Gasteiger charge is -2.36. The normalized spacial score (nSPS) is 20.4. The van der Waals surface area contributed by atoms with Gasteiger partial charge in [-0.1, -0.05) is 6.07 Å². The molecule has 1 fully saturated rings. The zero-order chi connectivity index (χ0) is 16.7. The molecule has 1 aromatic carbocycles. The molecule has 0 bridgehead atoms. The van der Waals surface area contributed by atoms with Gasteiger partial charge in [-0.05, 0) is 31.0 Å². The van der Waals surface area contributed by atoms with Gasteiger partial charge in [0.25, 0.3) is 11.8 Å². The van der Waals surface area contributed by atoms with E-state index in [0.29, 0.717) is 29.3 Å². The summed E-state index contributed by atoms with van der Waals surface area (Å²) in [7, 11) is 0. The topological polar surface area (TPSA) is 92.4 Å². The first-order valence-corrected chi connectivity index (χ1v) is 7.95. The average Bonchev–Trinajstić information content (AvgIpc) is 2.88. The maximum Gasteiger partial charge on any atom is 0.263 e. The number of hydrogen-bond donors (Lipinski definition) is 1. The van der Waals surface area contributed by atoms with Gasteiger partial charge in [-0.2, -0.15) is 0 Å². The predicted molar refractivity (Wildman–Crippen MR) is 88.6 cm³/mol. The van der Waals surface area contributed by atoms with Crippen LogP contribution >= 0.6 is 0 Å². The van der Waals surface area contributed by atoms with Crippen LogP contribution in [0.1, 0.15) is 33.6 Å². The van der Waals surface area contributed by atoms with Crippen molar-refractivity contribution in [3.05, 3.63) is 47.8 Å². The quantitative estimate of drug-likeness (QED) is 0.662. The summed E-state index contributed by atoms with van der Waals surface area (Å²) in [5.74, 6) is 0.0652. The van der Waals surface area contributed by atoms with Crippen LogP contribution in [-0.4, -0.2) is 45.8 Å². The van der Waals surface area contributed by atoms with E-state index in [4.69, 9.17) is 5.73 Å². The average molecular weight is 323 g/mol. The van der Waals surface area contributed by atoms with Crippen molar-refractivity contribution in [3.63, 3.8) is 0 Å². The second-order valence-corrected chi connectivity index (χ2v) is 6.04. The molecule has 1 saturated heterocycles. The minimum Gasteiger partial charge on any atom is -0.398 e. The van der Waals surface area contributed by atoms with Gasteiger partial charge in [0.1, 0.15) is 0 Å². The van der Waals surface area contributed by atoms with E-state index >= 15 is 0 Å². The van der Waals surface area contributed by atoms with Crippen molar-refractivity contribution in [2.24, 2.45) is 0 Å². The Morgan fingerprint density at radius 1 is 1.08 bits per heavy atom. The van der Waals surface area contributed by atoms with Gasteiger partial charge < -0.3 is 10.6 Å². The standard InChI is InChI=1S/C17H17N5O2/c18-13-6-1-5-12-14(13)16(24)22(15(12)23)11-4-2-9-21(10-11)17-19-7-3-8-20-17/h1,3,5-8,11H,2,4,9-10,18H2. The minimum atomic E-state index is -0.297. The Hall–Kier alpha value is -2.96. The summed E-state index contributed by atoms with van der Waals surface area (Å²) in [4.78, 5) is 37.3. The molecule has 122 valence electrons. The number of aromatic nitrogens is 2. The van der Waals surface area contributed by atoms with Gasteiger partial charge in [0.2, 0.25) is 5.95 Å². The number of benzene rings is 1. The fraction of sp³-hybridized carbons (Fsp3) is 0.294. The third-order valence-electron chi connectivity index (χ3n) is 4.58. The van der Waals surface area contributed by atoms with Crippen LogP contribution in [0, 0.1) is 0 Å². The van der Waals surface area contributed by atoms with E-state index in [0.717, 1.165) is 19.4 Å². The number of nitrogen functional groups attached to an aromatic ring is 1. The number of piperidine rings is 1. The van der Waals surface area contributed by atoms with Gasteiger partial charge in [-0.25, -0.2) is 9.97 Å². The van der Waals surface area contributed by atoms with Crippen molar-refractivity contribution in [3.8, 4) is 0 Å². The highest BCUT2D eigenvalue weighted by Crippen LogP contribution is 2.31. The smallest absolute Gasteiger partial charge is 0.263 e. The van der Waals surface area contributed by atoms with Crippen molar-refractivity contribution in [2.75, 3.05) is 23.7 Å². The molecule has 2 N–H and O–H groups in total. The molecular formula is C17H17N5O2. The van der Waals surface area contributed by atoms with Crippen molar-refractivity contribution in [1.82, 2.24) is 14.9 Å². The lowest BCUT2D eigenvalue weighted by molar-refractivity contribution is 0.0570. The largest absolute Gasteiger partial charge is 0.398 e. The van der Waals surface area contributed by atoms with Crippen molar-refractivity contribution in [1.29, 1.82) is 0 Å². The molecule has 2 aliphatic rings. The molecule has 24 heavy (non-hydrogen) atoms. The maximum absolute atomic E-state index is 12.7. The van der Waals surface area contributed by atoms with Gasteiger partial charge >= 0.3 is 0 Å². The number of carbonyl (C=O) groups is 2. The van der Waals surface area contributed by atoms with Gasteiger partial charge in [0.15, 0.2) is 0 Å². The number of imide groups is 1. The number of fused-ring (bicyclic) bond motifs is 1. The Kier molecular flexibility index (Phi) is 3.41. The number of carbonyl (C=O) groups excluding carboxylic acids is 2. The number of hydrogen-bond acceptors (Lipinski definition) is 6. The number of nitrogens with two attached hydrogens (primary N) is 1. The molecule has 2 aliphatic heterocycles. The van der Waals surface area contributed by atoms with Gasteiger partial charge in [0, 0.05) is 31.2 Å². The first-order valence-electron chi connectivity index (χ1n) is 7.95. The van der Waals surface area contributed by atoms with E-state index < -0.39 is 0 Å².